The first kappa shape index (κ1) is 10.4. The minimum atomic E-state index is -0.376. The minimum Gasteiger partial charge on any atom is -0.484 e. The van der Waals surface area contributed by atoms with Crippen molar-refractivity contribution >= 4 is 23.5 Å². The number of rotatable bonds is 3. The van der Waals surface area contributed by atoms with Gasteiger partial charge in [0, 0.05) is 12.3 Å². The van der Waals surface area contributed by atoms with Crippen molar-refractivity contribution in [3.8, 4) is 5.75 Å². The molecular formula is C10H12N4O2. The van der Waals surface area contributed by atoms with E-state index in [4.69, 9.17) is 10.6 Å². The zero-order chi connectivity index (χ0) is 11.4. The van der Waals surface area contributed by atoms with Crippen LogP contribution in [0.15, 0.2) is 23.2 Å². The molecule has 0 spiro atoms. The number of nitrogens with one attached hydrogen (secondary N) is 2. The summed E-state index contributed by atoms with van der Waals surface area (Å²) in [7, 11) is 0. The van der Waals surface area contributed by atoms with Crippen LogP contribution in [0.1, 0.15) is 0 Å². The maximum absolute atomic E-state index is 10.9. The highest BCUT2D eigenvalue weighted by atomic mass is 16.5. The van der Waals surface area contributed by atoms with Gasteiger partial charge in [0.15, 0.2) is 6.61 Å². The van der Waals surface area contributed by atoms with E-state index < -0.39 is 0 Å². The van der Waals surface area contributed by atoms with E-state index in [0.717, 1.165) is 17.9 Å². The Kier molecular flexibility index (Phi) is 3.02. The molecular weight excluding hydrogens is 208 g/mol. The Labute approximate surface area is 92.5 Å². The molecule has 0 aliphatic carbocycles. The van der Waals surface area contributed by atoms with E-state index in [1.165, 1.54) is 0 Å². The summed E-state index contributed by atoms with van der Waals surface area (Å²) in [5.74, 6) is 5.14. The van der Waals surface area contributed by atoms with E-state index in [0.29, 0.717) is 5.75 Å². The van der Waals surface area contributed by atoms with Crippen LogP contribution in [-0.2, 0) is 4.79 Å². The number of fused-ring (bicyclic) bond motifs is 1. The fraction of sp³-hybridized carbons (Fsp3) is 0.200. The molecule has 16 heavy (non-hydrogen) atoms. The van der Waals surface area contributed by atoms with Crippen molar-refractivity contribution in [2.45, 2.75) is 0 Å². The van der Waals surface area contributed by atoms with Crippen molar-refractivity contribution in [2.75, 3.05) is 18.5 Å². The predicted molar refractivity (Wildman–Crippen MR) is 60.9 cm³/mol. The standard InChI is InChI=1S/C10H12N4O2/c11-14-10(15)6-16-7-1-2-8-9(5-7)13-4-3-12-8/h1-2,4-5,12H,3,6,11H2,(H,14,15). The van der Waals surface area contributed by atoms with Gasteiger partial charge in [0.05, 0.1) is 17.9 Å². The monoisotopic (exact) mass is 220 g/mol. The molecule has 0 radical (unpaired) electrons. The SMILES string of the molecule is NNC(=O)COc1ccc2c(c1)N=CCN2. The number of ether oxygens (including phenoxy) is 1. The fourth-order valence-corrected chi connectivity index (χ4v) is 1.35. The summed E-state index contributed by atoms with van der Waals surface area (Å²) < 4.78 is 5.23. The lowest BCUT2D eigenvalue weighted by atomic mass is 10.2. The molecule has 0 bridgehead atoms. The zero-order valence-electron chi connectivity index (χ0n) is 8.56. The van der Waals surface area contributed by atoms with E-state index in [2.05, 4.69) is 10.3 Å². The molecule has 0 saturated heterocycles. The van der Waals surface area contributed by atoms with Crippen molar-refractivity contribution in [3.63, 3.8) is 0 Å². The van der Waals surface area contributed by atoms with Gasteiger partial charge in [-0.25, -0.2) is 5.84 Å². The highest BCUT2D eigenvalue weighted by Gasteiger charge is 2.07. The number of benzene rings is 1. The summed E-state index contributed by atoms with van der Waals surface area (Å²) in [5, 5.41) is 3.16. The molecule has 4 N–H and O–H groups in total. The third-order valence-corrected chi connectivity index (χ3v) is 2.11. The molecule has 2 rings (SSSR count). The highest BCUT2D eigenvalue weighted by molar-refractivity contribution is 5.81. The molecule has 1 aromatic carbocycles. The predicted octanol–water partition coefficient (Wildman–Crippen LogP) is 0.183. The van der Waals surface area contributed by atoms with Gasteiger partial charge in [-0.2, -0.15) is 0 Å². The Bertz CT molecular complexity index is 431. The van der Waals surface area contributed by atoms with Crippen LogP contribution in [-0.4, -0.2) is 25.3 Å². The summed E-state index contributed by atoms with van der Waals surface area (Å²) in [6.45, 7) is 0.620. The first-order valence-corrected chi connectivity index (χ1v) is 4.82. The molecule has 1 amide bonds. The Morgan fingerprint density at radius 1 is 1.62 bits per heavy atom. The van der Waals surface area contributed by atoms with Crippen molar-refractivity contribution in [2.24, 2.45) is 10.8 Å². The summed E-state index contributed by atoms with van der Waals surface area (Å²) >= 11 is 0. The molecule has 1 aromatic rings. The third kappa shape index (κ3) is 2.29. The van der Waals surface area contributed by atoms with Gasteiger partial charge in [0.2, 0.25) is 0 Å². The number of anilines is 1. The molecule has 0 aromatic heterocycles. The maximum Gasteiger partial charge on any atom is 0.271 e. The third-order valence-electron chi connectivity index (χ3n) is 2.11. The van der Waals surface area contributed by atoms with Gasteiger partial charge in [-0.15, -0.1) is 0 Å². The van der Waals surface area contributed by atoms with Crippen LogP contribution in [0, 0.1) is 0 Å². The van der Waals surface area contributed by atoms with Gasteiger partial charge in [-0.1, -0.05) is 0 Å². The molecule has 6 heteroatoms. The number of carbonyl (C=O) groups is 1. The number of hydrogen-bond acceptors (Lipinski definition) is 5. The van der Waals surface area contributed by atoms with Crippen LogP contribution in [0.3, 0.4) is 0 Å². The first-order chi connectivity index (χ1) is 7.79. The topological polar surface area (TPSA) is 88.7 Å². The lowest BCUT2D eigenvalue weighted by molar-refractivity contribution is -0.123. The molecule has 84 valence electrons. The molecule has 1 aliphatic rings. The normalized spacial score (nSPS) is 12.6. The van der Waals surface area contributed by atoms with E-state index in [1.54, 1.807) is 18.3 Å². The Balaban J connectivity index is 2.07. The largest absolute Gasteiger partial charge is 0.484 e. The van der Waals surface area contributed by atoms with E-state index in [9.17, 15) is 4.79 Å². The summed E-state index contributed by atoms with van der Waals surface area (Å²) in [6, 6.07) is 5.40. The van der Waals surface area contributed by atoms with Gasteiger partial charge in [0.1, 0.15) is 5.75 Å². The van der Waals surface area contributed by atoms with Crippen LogP contribution < -0.4 is 21.3 Å². The first-order valence-electron chi connectivity index (χ1n) is 4.82. The zero-order valence-corrected chi connectivity index (χ0v) is 8.56. The smallest absolute Gasteiger partial charge is 0.271 e. The molecule has 1 aliphatic heterocycles. The Morgan fingerprint density at radius 3 is 3.31 bits per heavy atom. The van der Waals surface area contributed by atoms with Crippen LogP contribution >= 0.6 is 0 Å². The second-order valence-electron chi connectivity index (χ2n) is 3.23. The number of amides is 1. The number of nitrogens with two attached hydrogens (primary N) is 1. The Morgan fingerprint density at radius 2 is 2.50 bits per heavy atom. The number of hydrogen-bond donors (Lipinski definition) is 3. The lowest BCUT2D eigenvalue weighted by Gasteiger charge is -2.13. The van der Waals surface area contributed by atoms with Crippen LogP contribution in [0.4, 0.5) is 11.4 Å². The number of aliphatic imine (C=N–C) groups is 1. The Hall–Kier alpha value is -2.08. The number of hydrazine groups is 1. The van der Waals surface area contributed by atoms with Crippen molar-refractivity contribution in [3.05, 3.63) is 18.2 Å². The summed E-state index contributed by atoms with van der Waals surface area (Å²) in [5.41, 5.74) is 3.75. The van der Waals surface area contributed by atoms with E-state index in [-0.39, 0.29) is 12.5 Å². The maximum atomic E-state index is 10.9. The van der Waals surface area contributed by atoms with Gasteiger partial charge >= 0.3 is 0 Å². The van der Waals surface area contributed by atoms with Crippen LogP contribution in [0.25, 0.3) is 0 Å². The van der Waals surface area contributed by atoms with Crippen molar-refractivity contribution in [1.29, 1.82) is 0 Å². The number of carbonyl (C=O) groups excluding carboxylic acids is 1. The average molecular weight is 220 g/mol. The molecule has 0 unspecified atom stereocenters. The second kappa shape index (κ2) is 4.63. The summed E-state index contributed by atoms with van der Waals surface area (Å²) in [6.07, 6.45) is 1.78. The number of nitrogens with zero attached hydrogens (tertiary/aromatic N) is 1. The van der Waals surface area contributed by atoms with Gasteiger partial charge in [0.25, 0.3) is 5.91 Å². The van der Waals surface area contributed by atoms with Gasteiger partial charge in [-0.05, 0) is 12.1 Å². The van der Waals surface area contributed by atoms with Crippen LogP contribution in [0.2, 0.25) is 0 Å². The lowest BCUT2D eigenvalue weighted by Crippen LogP contribution is -2.34. The second-order valence-corrected chi connectivity index (χ2v) is 3.23. The van der Waals surface area contributed by atoms with E-state index in [1.807, 2.05) is 11.5 Å². The van der Waals surface area contributed by atoms with Crippen LogP contribution in [0.5, 0.6) is 5.75 Å². The van der Waals surface area contributed by atoms with E-state index >= 15 is 0 Å². The summed E-state index contributed by atoms with van der Waals surface area (Å²) in [4.78, 5) is 15.1. The molecule has 0 atom stereocenters. The quantitative estimate of drug-likeness (QED) is 0.385. The molecule has 0 saturated carbocycles. The molecule has 0 fully saturated rings. The van der Waals surface area contributed by atoms with Gasteiger partial charge in [-0.3, -0.25) is 15.2 Å². The average Bonchev–Trinajstić information content (AvgIpc) is 2.35. The highest BCUT2D eigenvalue weighted by Crippen LogP contribution is 2.30. The van der Waals surface area contributed by atoms with Crippen molar-refractivity contribution < 1.29 is 9.53 Å². The molecule has 6 nitrogen and oxygen atoms in total. The van der Waals surface area contributed by atoms with Gasteiger partial charge < -0.3 is 10.1 Å². The minimum absolute atomic E-state index is 0.105. The van der Waals surface area contributed by atoms with Crippen molar-refractivity contribution in [1.82, 2.24) is 5.43 Å². The fourth-order valence-electron chi connectivity index (χ4n) is 1.35. The molecule has 1 heterocycles.